The van der Waals surface area contributed by atoms with Crippen molar-refractivity contribution in [2.45, 2.75) is 19.6 Å². The first kappa shape index (κ1) is 25.9. The number of anilines is 3. The first-order valence-corrected chi connectivity index (χ1v) is 11.9. The highest BCUT2D eigenvalue weighted by Crippen LogP contribution is 2.43. The average Bonchev–Trinajstić information content (AvgIpc) is 3.33. The van der Waals surface area contributed by atoms with Crippen LogP contribution in [-0.4, -0.2) is 39.8 Å². The summed E-state index contributed by atoms with van der Waals surface area (Å²) in [5.41, 5.74) is 10.5. The molecule has 1 amide bonds. The topological polar surface area (TPSA) is 129 Å². The van der Waals surface area contributed by atoms with Crippen LogP contribution in [0.5, 0.6) is 5.75 Å². The second-order valence-corrected chi connectivity index (χ2v) is 8.64. The van der Waals surface area contributed by atoms with Crippen LogP contribution in [0.15, 0.2) is 55.0 Å². The lowest BCUT2D eigenvalue weighted by atomic mass is 9.96. The molecule has 4 N–H and O–H groups in total. The molecule has 1 aromatic carbocycles. The van der Waals surface area contributed by atoms with E-state index in [1.54, 1.807) is 37.2 Å². The number of ether oxygens (including phenoxy) is 2. The van der Waals surface area contributed by atoms with Crippen molar-refractivity contribution in [2.75, 3.05) is 25.2 Å². The number of aromatic nitrogens is 4. The first-order chi connectivity index (χ1) is 17.8. The summed E-state index contributed by atoms with van der Waals surface area (Å²) >= 11 is 6.35. The maximum atomic E-state index is 12.1. The number of nitrogen functional groups attached to an aromatic ring is 1. The summed E-state index contributed by atoms with van der Waals surface area (Å²) in [6, 6.07) is 10.9. The van der Waals surface area contributed by atoms with Crippen LogP contribution in [0.25, 0.3) is 11.1 Å². The molecular formula is C26H28ClN7O3. The van der Waals surface area contributed by atoms with Crippen molar-refractivity contribution in [3.8, 4) is 16.9 Å². The van der Waals surface area contributed by atoms with E-state index < -0.39 is 0 Å². The molecule has 1 unspecified atom stereocenters. The van der Waals surface area contributed by atoms with Crippen molar-refractivity contribution in [2.24, 2.45) is 7.05 Å². The van der Waals surface area contributed by atoms with Crippen molar-refractivity contribution in [1.82, 2.24) is 25.1 Å². The molecule has 0 aliphatic rings. The molecular weight excluding hydrogens is 494 g/mol. The third-order valence-electron chi connectivity index (χ3n) is 5.73. The molecule has 4 rings (SSSR count). The van der Waals surface area contributed by atoms with Gasteiger partial charge >= 0.3 is 0 Å². The van der Waals surface area contributed by atoms with Gasteiger partial charge in [-0.1, -0.05) is 23.7 Å². The Labute approximate surface area is 219 Å². The van der Waals surface area contributed by atoms with Crippen molar-refractivity contribution in [3.05, 3.63) is 77.0 Å². The van der Waals surface area contributed by atoms with Gasteiger partial charge < -0.3 is 25.8 Å². The van der Waals surface area contributed by atoms with Gasteiger partial charge in [-0.3, -0.25) is 9.48 Å². The minimum absolute atomic E-state index is 0.216. The molecule has 0 aliphatic heterocycles. The van der Waals surface area contributed by atoms with Crippen LogP contribution in [0.3, 0.4) is 0 Å². The van der Waals surface area contributed by atoms with E-state index in [2.05, 4.69) is 25.7 Å². The van der Waals surface area contributed by atoms with Gasteiger partial charge in [0.1, 0.15) is 5.82 Å². The fourth-order valence-electron chi connectivity index (χ4n) is 3.92. The number of hydrogen-bond acceptors (Lipinski definition) is 8. The quantitative estimate of drug-likeness (QED) is 0.274. The molecule has 0 radical (unpaired) electrons. The largest absolute Gasteiger partial charge is 0.494 e. The highest BCUT2D eigenvalue weighted by molar-refractivity contribution is 6.32. The van der Waals surface area contributed by atoms with Crippen LogP contribution in [0.4, 0.5) is 17.2 Å². The number of carbonyl (C=O) groups excluding carboxylic acids is 1. The number of nitrogens with two attached hydrogens (primary N) is 1. The van der Waals surface area contributed by atoms with Crippen molar-refractivity contribution in [3.63, 3.8) is 0 Å². The maximum Gasteiger partial charge on any atom is 0.252 e. The normalized spacial score (nSPS) is 11.7. The van der Waals surface area contributed by atoms with Crippen molar-refractivity contribution < 1.29 is 14.3 Å². The van der Waals surface area contributed by atoms with Gasteiger partial charge in [-0.05, 0) is 36.8 Å². The summed E-state index contributed by atoms with van der Waals surface area (Å²) in [6.45, 7) is 2.25. The molecule has 0 spiro atoms. The van der Waals surface area contributed by atoms with E-state index in [1.165, 1.54) is 6.20 Å². The summed E-state index contributed by atoms with van der Waals surface area (Å²) in [5.74, 6) is 0.728. The molecule has 0 saturated carbocycles. The second kappa shape index (κ2) is 11.3. The Hall–Kier alpha value is -4.15. The fourth-order valence-corrected chi connectivity index (χ4v) is 4.07. The van der Waals surface area contributed by atoms with Crippen molar-refractivity contribution in [1.29, 1.82) is 0 Å². The Bertz CT molecular complexity index is 1420. The number of benzene rings is 1. The Balaban J connectivity index is 1.73. The van der Waals surface area contributed by atoms with E-state index >= 15 is 0 Å². The molecule has 0 bridgehead atoms. The summed E-state index contributed by atoms with van der Waals surface area (Å²) in [7, 11) is 4.99. The van der Waals surface area contributed by atoms with Gasteiger partial charge in [-0.15, -0.1) is 0 Å². The zero-order chi connectivity index (χ0) is 26.5. The Morgan fingerprint density at radius 2 is 2.03 bits per heavy atom. The van der Waals surface area contributed by atoms with Gasteiger partial charge in [0, 0.05) is 37.6 Å². The standard InChI is InChI=1S/C26H28ClN7O3/c1-15(37-14-18-6-5-7-22(28)32-18)19-8-9-20(24(36-4)23(19)17-12-31-34(3)13-17)33-21-10-16(26(35)29-2)11-30-25(21)27/h5-13,15,33H,14H2,1-4H3,(H2,28,32)(H,29,35). The number of nitrogens with zero attached hydrogens (tertiary/aromatic N) is 4. The molecule has 192 valence electrons. The molecule has 0 saturated heterocycles. The van der Waals surface area contributed by atoms with Gasteiger partial charge in [-0.25, -0.2) is 9.97 Å². The Morgan fingerprint density at radius 1 is 1.22 bits per heavy atom. The monoisotopic (exact) mass is 521 g/mol. The van der Waals surface area contributed by atoms with Crippen LogP contribution in [-0.2, 0) is 18.4 Å². The SMILES string of the molecule is CNC(=O)c1cnc(Cl)c(Nc2ccc(C(C)OCc3cccc(N)n3)c(-c3cnn(C)c3)c2OC)c1. The number of nitrogens with one attached hydrogen (secondary N) is 2. The van der Waals surface area contributed by atoms with E-state index in [-0.39, 0.29) is 23.8 Å². The van der Waals surface area contributed by atoms with Gasteiger partial charge in [-0.2, -0.15) is 5.10 Å². The molecule has 37 heavy (non-hydrogen) atoms. The predicted octanol–water partition coefficient (Wildman–Crippen LogP) is 4.50. The Morgan fingerprint density at radius 3 is 2.70 bits per heavy atom. The third kappa shape index (κ3) is 5.82. The molecule has 1 atom stereocenters. The van der Waals surface area contributed by atoms with E-state index in [1.807, 2.05) is 44.4 Å². The number of hydrogen-bond donors (Lipinski definition) is 3. The van der Waals surface area contributed by atoms with Crippen LogP contribution in [0.1, 0.15) is 34.6 Å². The number of methoxy groups -OCH3 is 1. The van der Waals surface area contributed by atoms with Gasteiger partial charge in [0.2, 0.25) is 0 Å². The van der Waals surface area contributed by atoms with E-state index in [0.29, 0.717) is 28.5 Å². The van der Waals surface area contributed by atoms with Gasteiger partial charge in [0.05, 0.1) is 48.6 Å². The number of rotatable bonds is 9. The molecule has 0 fully saturated rings. The highest BCUT2D eigenvalue weighted by Gasteiger charge is 2.22. The summed E-state index contributed by atoms with van der Waals surface area (Å²) in [6.07, 6.45) is 4.76. The fraction of sp³-hybridized carbons (Fsp3) is 0.231. The number of halogens is 1. The lowest BCUT2D eigenvalue weighted by molar-refractivity contribution is 0.0508. The molecule has 11 heteroatoms. The average molecular weight is 522 g/mol. The second-order valence-electron chi connectivity index (χ2n) is 8.29. The van der Waals surface area contributed by atoms with Crippen molar-refractivity contribution >= 4 is 34.7 Å². The van der Waals surface area contributed by atoms with Gasteiger partial charge in [0.25, 0.3) is 5.91 Å². The summed E-state index contributed by atoms with van der Waals surface area (Å²) < 4.78 is 13.8. The zero-order valence-electron chi connectivity index (χ0n) is 20.9. The lowest BCUT2D eigenvalue weighted by Crippen LogP contribution is -2.18. The number of pyridine rings is 2. The van der Waals surface area contributed by atoms with Crippen LogP contribution >= 0.6 is 11.6 Å². The zero-order valence-corrected chi connectivity index (χ0v) is 21.7. The lowest BCUT2D eigenvalue weighted by Gasteiger charge is -2.22. The smallest absolute Gasteiger partial charge is 0.252 e. The van der Waals surface area contributed by atoms with Crippen LogP contribution in [0, 0.1) is 0 Å². The van der Waals surface area contributed by atoms with E-state index in [0.717, 1.165) is 22.4 Å². The minimum atomic E-state index is -0.316. The van der Waals surface area contributed by atoms with E-state index in [4.69, 9.17) is 26.8 Å². The molecule has 0 aliphatic carbocycles. The Kier molecular flexibility index (Phi) is 7.90. The highest BCUT2D eigenvalue weighted by atomic mass is 35.5. The van der Waals surface area contributed by atoms with Crippen LogP contribution in [0.2, 0.25) is 5.15 Å². The maximum absolute atomic E-state index is 12.1. The third-order valence-corrected chi connectivity index (χ3v) is 6.03. The van der Waals surface area contributed by atoms with Gasteiger partial charge in [0.15, 0.2) is 10.9 Å². The molecule has 3 heterocycles. The van der Waals surface area contributed by atoms with E-state index in [9.17, 15) is 4.79 Å². The number of amides is 1. The van der Waals surface area contributed by atoms with Crippen LogP contribution < -0.4 is 21.1 Å². The summed E-state index contributed by atoms with van der Waals surface area (Å²) in [5, 5.41) is 10.4. The first-order valence-electron chi connectivity index (χ1n) is 11.5. The predicted molar refractivity (Wildman–Crippen MR) is 143 cm³/mol. The molecule has 4 aromatic rings. The molecule has 10 nitrogen and oxygen atoms in total. The minimum Gasteiger partial charge on any atom is -0.494 e. The summed E-state index contributed by atoms with van der Waals surface area (Å²) in [4.78, 5) is 20.6. The molecule has 3 aromatic heterocycles. The number of aryl methyl sites for hydroxylation is 1. The number of carbonyl (C=O) groups is 1.